The van der Waals surface area contributed by atoms with Crippen molar-refractivity contribution in [1.82, 2.24) is 4.98 Å². The number of halogens is 1. The summed E-state index contributed by atoms with van der Waals surface area (Å²) >= 11 is 0. The minimum Gasteiger partial charge on any atom is -0.454 e. The summed E-state index contributed by atoms with van der Waals surface area (Å²) in [7, 11) is 0. The maximum absolute atomic E-state index is 12.7. The van der Waals surface area contributed by atoms with Crippen molar-refractivity contribution < 1.29 is 18.7 Å². The molecule has 0 aliphatic rings. The largest absolute Gasteiger partial charge is 0.454 e. The molecule has 4 nitrogen and oxygen atoms in total. The second-order valence-electron chi connectivity index (χ2n) is 4.00. The van der Waals surface area contributed by atoms with Gasteiger partial charge in [0.05, 0.1) is 5.69 Å². The molecule has 102 valence electrons. The van der Waals surface area contributed by atoms with Crippen molar-refractivity contribution in [2.75, 3.05) is 6.61 Å². The van der Waals surface area contributed by atoms with Gasteiger partial charge in [0.15, 0.2) is 6.61 Å². The average molecular weight is 273 g/mol. The summed E-state index contributed by atoms with van der Waals surface area (Å²) in [5.41, 5.74) is 1.05. The van der Waals surface area contributed by atoms with Gasteiger partial charge in [0.2, 0.25) is 5.78 Å². The molecule has 1 heterocycles. The number of aromatic nitrogens is 1. The molecule has 0 bridgehead atoms. The fourth-order valence-corrected chi connectivity index (χ4v) is 1.50. The Labute approximate surface area is 114 Å². The zero-order valence-corrected chi connectivity index (χ0v) is 10.5. The van der Waals surface area contributed by atoms with Crippen molar-refractivity contribution in [2.45, 2.75) is 0 Å². The van der Waals surface area contributed by atoms with Crippen LogP contribution in [0, 0.1) is 5.82 Å². The van der Waals surface area contributed by atoms with Gasteiger partial charge in [0.25, 0.3) is 0 Å². The molecule has 0 aliphatic carbocycles. The fourth-order valence-electron chi connectivity index (χ4n) is 1.50. The van der Waals surface area contributed by atoms with Crippen LogP contribution in [0.25, 0.3) is 6.08 Å². The van der Waals surface area contributed by atoms with Crippen LogP contribution in [0.2, 0.25) is 0 Å². The Balaban J connectivity index is 1.83. The summed E-state index contributed by atoms with van der Waals surface area (Å²) < 4.78 is 17.5. The van der Waals surface area contributed by atoms with E-state index in [-0.39, 0.29) is 18.2 Å². The number of esters is 1. The standard InChI is InChI=1S/C15H12FNO3/c16-12-6-3-11(4-7-12)5-8-15(19)20-10-14(18)13-2-1-9-17-13/h1-9,17H,10H2/b8-5+. The second-order valence-corrected chi connectivity index (χ2v) is 4.00. The molecular formula is C15H12FNO3. The van der Waals surface area contributed by atoms with E-state index in [0.717, 1.165) is 0 Å². The summed E-state index contributed by atoms with van der Waals surface area (Å²) in [6.45, 7) is -0.326. The van der Waals surface area contributed by atoms with E-state index in [1.165, 1.54) is 36.4 Å². The van der Waals surface area contributed by atoms with E-state index in [1.54, 1.807) is 18.3 Å². The Hall–Kier alpha value is -2.69. The Morgan fingerprint density at radius 3 is 2.60 bits per heavy atom. The molecule has 5 heteroatoms. The number of ether oxygens (including phenoxy) is 1. The molecule has 20 heavy (non-hydrogen) atoms. The number of aromatic amines is 1. The zero-order valence-electron chi connectivity index (χ0n) is 10.5. The van der Waals surface area contributed by atoms with Crippen molar-refractivity contribution in [3.8, 4) is 0 Å². The van der Waals surface area contributed by atoms with Crippen molar-refractivity contribution in [2.24, 2.45) is 0 Å². The first kappa shape index (κ1) is 13.7. The summed E-state index contributed by atoms with van der Waals surface area (Å²) in [4.78, 5) is 25.7. The van der Waals surface area contributed by atoms with Crippen LogP contribution < -0.4 is 0 Å². The average Bonchev–Trinajstić information content (AvgIpc) is 2.98. The highest BCUT2D eigenvalue weighted by Gasteiger charge is 2.08. The van der Waals surface area contributed by atoms with E-state index < -0.39 is 5.97 Å². The first-order chi connectivity index (χ1) is 9.65. The smallest absolute Gasteiger partial charge is 0.331 e. The Kier molecular flexibility index (Phi) is 4.44. The molecule has 1 aromatic heterocycles. The molecule has 2 aromatic rings. The lowest BCUT2D eigenvalue weighted by atomic mass is 10.2. The molecule has 0 amide bonds. The molecule has 0 radical (unpaired) electrons. The zero-order chi connectivity index (χ0) is 14.4. The van der Waals surface area contributed by atoms with E-state index in [0.29, 0.717) is 11.3 Å². The summed E-state index contributed by atoms with van der Waals surface area (Å²) in [5.74, 6) is -1.28. The normalized spacial score (nSPS) is 10.7. The quantitative estimate of drug-likeness (QED) is 0.517. The molecule has 0 saturated carbocycles. The number of hydrogen-bond acceptors (Lipinski definition) is 3. The van der Waals surface area contributed by atoms with Crippen LogP contribution in [-0.2, 0) is 9.53 Å². The third-order valence-corrected chi connectivity index (χ3v) is 2.53. The SMILES string of the molecule is O=C(/C=C/c1ccc(F)cc1)OCC(=O)c1ccc[nH]1. The maximum Gasteiger partial charge on any atom is 0.331 e. The van der Waals surface area contributed by atoms with Crippen LogP contribution in [0.4, 0.5) is 4.39 Å². The van der Waals surface area contributed by atoms with E-state index in [4.69, 9.17) is 4.74 Å². The Morgan fingerprint density at radius 1 is 1.20 bits per heavy atom. The van der Waals surface area contributed by atoms with Gasteiger partial charge in [-0.3, -0.25) is 4.79 Å². The van der Waals surface area contributed by atoms with Gasteiger partial charge in [-0.25, -0.2) is 9.18 Å². The minimum absolute atomic E-state index is 0.307. The molecule has 1 N–H and O–H groups in total. The highest BCUT2D eigenvalue weighted by Crippen LogP contribution is 2.05. The number of Topliss-reactive ketones (excluding diaryl/α,β-unsaturated/α-hetero) is 1. The molecule has 0 saturated heterocycles. The highest BCUT2D eigenvalue weighted by molar-refractivity contribution is 5.97. The molecule has 0 aliphatic heterocycles. The number of carbonyl (C=O) groups excluding carboxylic acids is 2. The van der Waals surface area contributed by atoms with E-state index >= 15 is 0 Å². The lowest BCUT2D eigenvalue weighted by Crippen LogP contribution is -2.12. The molecular weight excluding hydrogens is 261 g/mol. The Morgan fingerprint density at radius 2 is 1.95 bits per heavy atom. The van der Waals surface area contributed by atoms with Crippen molar-refractivity contribution >= 4 is 17.8 Å². The maximum atomic E-state index is 12.7. The molecule has 0 unspecified atom stereocenters. The first-order valence-corrected chi connectivity index (χ1v) is 5.92. The van der Waals surface area contributed by atoms with Crippen molar-refractivity contribution in [3.05, 3.63) is 65.7 Å². The highest BCUT2D eigenvalue weighted by atomic mass is 19.1. The van der Waals surface area contributed by atoms with Crippen LogP contribution >= 0.6 is 0 Å². The number of hydrogen-bond donors (Lipinski definition) is 1. The van der Waals surface area contributed by atoms with Gasteiger partial charge < -0.3 is 9.72 Å². The van der Waals surface area contributed by atoms with Crippen molar-refractivity contribution in [1.29, 1.82) is 0 Å². The number of nitrogens with one attached hydrogen (secondary N) is 1. The van der Waals surface area contributed by atoms with Crippen LogP contribution in [0.5, 0.6) is 0 Å². The molecule has 0 spiro atoms. The van der Waals surface area contributed by atoms with E-state index in [9.17, 15) is 14.0 Å². The minimum atomic E-state index is -0.630. The summed E-state index contributed by atoms with van der Waals surface area (Å²) in [6.07, 6.45) is 4.29. The summed E-state index contributed by atoms with van der Waals surface area (Å²) in [5, 5.41) is 0. The number of carbonyl (C=O) groups is 2. The van der Waals surface area contributed by atoms with Crippen LogP contribution in [0.1, 0.15) is 16.1 Å². The van der Waals surface area contributed by atoms with Gasteiger partial charge in [0.1, 0.15) is 5.82 Å². The van der Waals surface area contributed by atoms with Gasteiger partial charge in [-0.2, -0.15) is 0 Å². The third-order valence-electron chi connectivity index (χ3n) is 2.53. The summed E-state index contributed by atoms with van der Waals surface area (Å²) in [6, 6.07) is 8.93. The van der Waals surface area contributed by atoms with Crippen LogP contribution in [0.3, 0.4) is 0 Å². The lowest BCUT2D eigenvalue weighted by Gasteiger charge is -1.99. The van der Waals surface area contributed by atoms with Gasteiger partial charge in [-0.15, -0.1) is 0 Å². The fraction of sp³-hybridized carbons (Fsp3) is 0.0667. The van der Waals surface area contributed by atoms with Gasteiger partial charge in [-0.05, 0) is 35.9 Å². The molecule has 0 fully saturated rings. The number of benzene rings is 1. The second kappa shape index (κ2) is 6.47. The molecule has 2 rings (SSSR count). The number of ketones is 1. The molecule has 1 aromatic carbocycles. The predicted molar refractivity (Wildman–Crippen MR) is 71.5 cm³/mol. The topological polar surface area (TPSA) is 59.2 Å². The first-order valence-electron chi connectivity index (χ1n) is 5.92. The lowest BCUT2D eigenvalue weighted by molar-refractivity contribution is -0.136. The Bertz CT molecular complexity index is 615. The van der Waals surface area contributed by atoms with Gasteiger partial charge >= 0.3 is 5.97 Å². The predicted octanol–water partition coefficient (Wildman–Crippen LogP) is 2.59. The van der Waals surface area contributed by atoms with Crippen molar-refractivity contribution in [3.63, 3.8) is 0 Å². The molecule has 0 atom stereocenters. The van der Waals surface area contributed by atoms with Gasteiger partial charge in [-0.1, -0.05) is 12.1 Å². The van der Waals surface area contributed by atoms with Crippen LogP contribution in [0.15, 0.2) is 48.7 Å². The van der Waals surface area contributed by atoms with E-state index in [1.807, 2.05) is 0 Å². The number of rotatable bonds is 5. The monoisotopic (exact) mass is 273 g/mol. The van der Waals surface area contributed by atoms with Crippen LogP contribution in [-0.4, -0.2) is 23.3 Å². The van der Waals surface area contributed by atoms with E-state index in [2.05, 4.69) is 4.98 Å². The van der Waals surface area contributed by atoms with Gasteiger partial charge in [0, 0.05) is 12.3 Å². The number of H-pyrrole nitrogens is 1. The third kappa shape index (κ3) is 3.91.